The number of aliphatic imine (C=N–C) groups is 1. The Morgan fingerprint density at radius 2 is 2.12 bits per heavy atom. The third-order valence-electron chi connectivity index (χ3n) is 2.84. The molecule has 1 aliphatic heterocycles. The lowest BCUT2D eigenvalue weighted by Gasteiger charge is -2.10. The molecule has 1 aliphatic rings. The van der Waals surface area contributed by atoms with E-state index < -0.39 is 0 Å². The number of nitrogens with zero attached hydrogens (tertiary/aromatic N) is 1. The number of amidine groups is 1. The van der Waals surface area contributed by atoms with Gasteiger partial charge >= 0.3 is 0 Å². The molecule has 0 aliphatic carbocycles. The van der Waals surface area contributed by atoms with Crippen molar-refractivity contribution in [1.82, 2.24) is 0 Å². The molecule has 0 atom stereocenters. The van der Waals surface area contributed by atoms with Crippen molar-refractivity contribution in [2.45, 2.75) is 32.6 Å². The van der Waals surface area contributed by atoms with Crippen molar-refractivity contribution in [3.63, 3.8) is 0 Å². The minimum absolute atomic E-state index is 0.189. The molecule has 0 saturated heterocycles. The van der Waals surface area contributed by atoms with Crippen molar-refractivity contribution < 1.29 is 4.39 Å². The van der Waals surface area contributed by atoms with Crippen molar-refractivity contribution in [3.05, 3.63) is 29.6 Å². The van der Waals surface area contributed by atoms with Crippen LogP contribution < -0.4 is 5.32 Å². The minimum Gasteiger partial charge on any atom is -0.344 e. The van der Waals surface area contributed by atoms with Gasteiger partial charge in [-0.25, -0.2) is 4.39 Å². The Morgan fingerprint density at radius 1 is 1.25 bits per heavy atom. The molecule has 1 heterocycles. The molecule has 0 unspecified atom stereocenters. The van der Waals surface area contributed by atoms with E-state index in [0.29, 0.717) is 0 Å². The number of rotatable bonds is 1. The van der Waals surface area contributed by atoms with Crippen molar-refractivity contribution >= 4 is 11.5 Å². The van der Waals surface area contributed by atoms with Gasteiger partial charge in [0.2, 0.25) is 0 Å². The van der Waals surface area contributed by atoms with Crippen molar-refractivity contribution in [1.29, 1.82) is 0 Å². The number of hydrogen-bond donors (Lipinski definition) is 1. The largest absolute Gasteiger partial charge is 0.344 e. The zero-order chi connectivity index (χ0) is 11.4. The van der Waals surface area contributed by atoms with Crippen molar-refractivity contribution in [2.75, 3.05) is 11.9 Å². The summed E-state index contributed by atoms with van der Waals surface area (Å²) in [4.78, 5) is 4.49. The molecule has 1 N–H and O–H groups in total. The van der Waals surface area contributed by atoms with E-state index in [0.717, 1.165) is 30.1 Å². The standard InChI is InChI=1S/C13H17FN2/c1-10-9-11(14)6-7-12(10)16-13-5-3-2-4-8-15-13/h6-7,9H,2-5,8H2,1H3,(H,15,16). The maximum absolute atomic E-state index is 12.9. The molecule has 86 valence electrons. The highest BCUT2D eigenvalue weighted by molar-refractivity contribution is 5.96. The molecule has 0 amide bonds. The fourth-order valence-corrected chi connectivity index (χ4v) is 1.90. The molecular formula is C13H17FN2. The second kappa shape index (κ2) is 5.10. The highest BCUT2D eigenvalue weighted by atomic mass is 19.1. The number of aryl methyl sites for hydroxylation is 1. The first-order valence-corrected chi connectivity index (χ1v) is 5.82. The summed E-state index contributed by atoms with van der Waals surface area (Å²) >= 11 is 0. The Morgan fingerprint density at radius 3 is 2.94 bits per heavy atom. The van der Waals surface area contributed by atoms with Gasteiger partial charge in [0, 0.05) is 18.7 Å². The average molecular weight is 220 g/mol. The van der Waals surface area contributed by atoms with Gasteiger partial charge in [0.15, 0.2) is 0 Å². The van der Waals surface area contributed by atoms with Crippen LogP contribution >= 0.6 is 0 Å². The molecule has 0 bridgehead atoms. The highest BCUT2D eigenvalue weighted by Gasteiger charge is 2.06. The molecule has 0 radical (unpaired) electrons. The lowest BCUT2D eigenvalue weighted by Crippen LogP contribution is -2.12. The second-order valence-electron chi connectivity index (χ2n) is 4.22. The quantitative estimate of drug-likeness (QED) is 0.769. The summed E-state index contributed by atoms with van der Waals surface area (Å²) in [6.07, 6.45) is 4.60. The van der Waals surface area contributed by atoms with E-state index in [2.05, 4.69) is 10.3 Å². The Balaban J connectivity index is 2.10. The minimum atomic E-state index is -0.189. The van der Waals surface area contributed by atoms with Gasteiger partial charge in [-0.3, -0.25) is 4.99 Å². The Hall–Kier alpha value is -1.38. The average Bonchev–Trinajstić information content (AvgIpc) is 2.51. The van der Waals surface area contributed by atoms with Crippen LogP contribution in [-0.2, 0) is 0 Å². The lowest BCUT2D eigenvalue weighted by molar-refractivity contribution is 0.627. The van der Waals surface area contributed by atoms with Gasteiger partial charge in [-0.1, -0.05) is 6.42 Å². The molecule has 2 nitrogen and oxygen atoms in total. The normalized spacial score (nSPS) is 16.5. The Labute approximate surface area is 95.6 Å². The van der Waals surface area contributed by atoms with E-state index in [1.165, 1.54) is 25.3 Å². The third kappa shape index (κ3) is 2.81. The van der Waals surface area contributed by atoms with Crippen LogP contribution in [0.25, 0.3) is 0 Å². The topological polar surface area (TPSA) is 24.4 Å². The van der Waals surface area contributed by atoms with Gasteiger partial charge in [-0.05, 0) is 43.5 Å². The zero-order valence-electron chi connectivity index (χ0n) is 9.59. The summed E-state index contributed by atoms with van der Waals surface area (Å²) in [6.45, 7) is 2.81. The van der Waals surface area contributed by atoms with Gasteiger partial charge < -0.3 is 5.32 Å². The Bertz CT molecular complexity index is 399. The van der Waals surface area contributed by atoms with Gasteiger partial charge in [-0.2, -0.15) is 0 Å². The van der Waals surface area contributed by atoms with E-state index >= 15 is 0 Å². The first kappa shape index (κ1) is 11.1. The van der Waals surface area contributed by atoms with Gasteiger partial charge in [0.1, 0.15) is 11.7 Å². The molecule has 0 saturated carbocycles. The number of hydrogen-bond acceptors (Lipinski definition) is 2. The molecule has 0 spiro atoms. The summed E-state index contributed by atoms with van der Waals surface area (Å²) < 4.78 is 12.9. The van der Waals surface area contributed by atoms with Crippen LogP contribution in [0, 0.1) is 12.7 Å². The van der Waals surface area contributed by atoms with Crippen LogP contribution in [0.5, 0.6) is 0 Å². The maximum atomic E-state index is 12.9. The first-order chi connectivity index (χ1) is 7.75. The first-order valence-electron chi connectivity index (χ1n) is 5.82. The van der Waals surface area contributed by atoms with E-state index in [-0.39, 0.29) is 5.82 Å². The summed E-state index contributed by atoms with van der Waals surface area (Å²) in [5.41, 5.74) is 1.88. The molecule has 16 heavy (non-hydrogen) atoms. The van der Waals surface area contributed by atoms with Crippen molar-refractivity contribution in [3.8, 4) is 0 Å². The number of nitrogens with one attached hydrogen (secondary N) is 1. The van der Waals surface area contributed by atoms with Crippen LogP contribution in [-0.4, -0.2) is 12.4 Å². The number of anilines is 1. The van der Waals surface area contributed by atoms with Crippen LogP contribution in [0.3, 0.4) is 0 Å². The van der Waals surface area contributed by atoms with E-state index in [9.17, 15) is 4.39 Å². The summed E-state index contributed by atoms with van der Waals surface area (Å²) in [6, 6.07) is 4.80. The Kier molecular flexibility index (Phi) is 3.54. The summed E-state index contributed by atoms with van der Waals surface area (Å²) in [7, 11) is 0. The molecule has 1 aromatic rings. The molecule has 1 aromatic carbocycles. The molecular weight excluding hydrogens is 203 g/mol. The predicted molar refractivity (Wildman–Crippen MR) is 65.5 cm³/mol. The van der Waals surface area contributed by atoms with E-state index in [4.69, 9.17) is 0 Å². The predicted octanol–water partition coefficient (Wildman–Crippen LogP) is 3.52. The molecule has 0 aromatic heterocycles. The fourth-order valence-electron chi connectivity index (χ4n) is 1.90. The lowest BCUT2D eigenvalue weighted by atomic mass is 10.1. The SMILES string of the molecule is Cc1cc(F)ccc1NC1=NCCCCC1. The summed E-state index contributed by atoms with van der Waals surface area (Å²) in [5, 5.41) is 3.30. The monoisotopic (exact) mass is 220 g/mol. The zero-order valence-corrected chi connectivity index (χ0v) is 9.59. The second-order valence-corrected chi connectivity index (χ2v) is 4.22. The summed E-state index contributed by atoms with van der Waals surface area (Å²) in [5.74, 6) is 0.845. The maximum Gasteiger partial charge on any atom is 0.123 e. The van der Waals surface area contributed by atoms with Gasteiger partial charge in [0.25, 0.3) is 0 Å². The highest BCUT2D eigenvalue weighted by Crippen LogP contribution is 2.17. The molecule has 0 fully saturated rings. The van der Waals surface area contributed by atoms with Gasteiger partial charge in [0.05, 0.1) is 0 Å². The van der Waals surface area contributed by atoms with Crippen LogP contribution in [0.1, 0.15) is 31.2 Å². The van der Waals surface area contributed by atoms with E-state index in [1.54, 1.807) is 12.1 Å². The van der Waals surface area contributed by atoms with Crippen LogP contribution in [0.4, 0.5) is 10.1 Å². The third-order valence-corrected chi connectivity index (χ3v) is 2.84. The smallest absolute Gasteiger partial charge is 0.123 e. The van der Waals surface area contributed by atoms with Gasteiger partial charge in [-0.15, -0.1) is 0 Å². The number of halogens is 1. The van der Waals surface area contributed by atoms with E-state index in [1.807, 2.05) is 6.92 Å². The van der Waals surface area contributed by atoms with Crippen LogP contribution in [0.15, 0.2) is 23.2 Å². The molecule has 3 heteroatoms. The van der Waals surface area contributed by atoms with Crippen molar-refractivity contribution in [2.24, 2.45) is 4.99 Å². The molecule has 2 rings (SSSR count). The van der Waals surface area contributed by atoms with Crippen LogP contribution in [0.2, 0.25) is 0 Å². The number of benzene rings is 1. The fraction of sp³-hybridized carbons (Fsp3) is 0.462.